The van der Waals surface area contributed by atoms with Crippen LogP contribution >= 0.6 is 0 Å². The maximum atomic E-state index is 5.50. The van der Waals surface area contributed by atoms with Crippen LogP contribution in [0.4, 0.5) is 0 Å². The van der Waals surface area contributed by atoms with Crippen molar-refractivity contribution in [1.29, 1.82) is 0 Å². The van der Waals surface area contributed by atoms with Crippen molar-refractivity contribution < 1.29 is 4.74 Å². The van der Waals surface area contributed by atoms with E-state index < -0.39 is 0 Å². The normalized spacial score (nSPS) is 28.2. The highest BCUT2D eigenvalue weighted by Crippen LogP contribution is 2.48. The van der Waals surface area contributed by atoms with Crippen LogP contribution in [0.15, 0.2) is 4.99 Å². The second-order valence-corrected chi connectivity index (χ2v) is 6.97. The molecule has 2 fully saturated rings. The number of aliphatic imine (C=N–C) groups is 1. The first kappa shape index (κ1) is 16.6. The first-order chi connectivity index (χ1) is 10.2. The molecule has 0 aromatic rings. The van der Waals surface area contributed by atoms with Gasteiger partial charge >= 0.3 is 0 Å². The lowest BCUT2D eigenvalue weighted by Crippen LogP contribution is -2.46. The Morgan fingerprint density at radius 1 is 1.24 bits per heavy atom. The van der Waals surface area contributed by atoms with E-state index in [2.05, 4.69) is 29.5 Å². The van der Waals surface area contributed by atoms with Crippen LogP contribution in [0.5, 0.6) is 0 Å². The molecule has 0 atom stereocenters. The second kappa shape index (κ2) is 8.02. The van der Waals surface area contributed by atoms with Gasteiger partial charge in [0.25, 0.3) is 0 Å². The molecule has 0 aliphatic heterocycles. The summed E-state index contributed by atoms with van der Waals surface area (Å²) in [6.45, 7) is 7.17. The molecule has 0 aromatic heterocycles. The van der Waals surface area contributed by atoms with E-state index >= 15 is 0 Å². The van der Waals surface area contributed by atoms with Crippen molar-refractivity contribution in [3.63, 3.8) is 0 Å². The summed E-state index contributed by atoms with van der Waals surface area (Å²) < 4.78 is 5.50. The van der Waals surface area contributed by atoms with Gasteiger partial charge in [-0.25, -0.2) is 0 Å². The molecule has 0 heterocycles. The predicted molar refractivity (Wildman–Crippen MR) is 88.7 cm³/mol. The molecule has 0 unspecified atom stereocenters. The Morgan fingerprint density at radius 3 is 2.52 bits per heavy atom. The van der Waals surface area contributed by atoms with Gasteiger partial charge in [0.2, 0.25) is 0 Å². The fraction of sp³-hybridized carbons (Fsp3) is 0.941. The van der Waals surface area contributed by atoms with Gasteiger partial charge in [-0.2, -0.15) is 0 Å². The molecule has 0 aromatic carbocycles. The topological polar surface area (TPSA) is 45.6 Å². The fourth-order valence-corrected chi connectivity index (χ4v) is 3.19. The minimum atomic E-state index is 0.466. The molecule has 0 amide bonds. The van der Waals surface area contributed by atoms with Crippen LogP contribution in [0.25, 0.3) is 0 Å². The van der Waals surface area contributed by atoms with Crippen LogP contribution in [0.2, 0.25) is 0 Å². The smallest absolute Gasteiger partial charge is 0.191 e. The summed E-state index contributed by atoms with van der Waals surface area (Å²) in [6, 6.07) is 0.603. The highest BCUT2D eigenvalue weighted by molar-refractivity contribution is 5.80. The van der Waals surface area contributed by atoms with E-state index in [4.69, 9.17) is 4.74 Å². The number of nitrogens with zero attached hydrogens (tertiary/aromatic N) is 1. The standard InChI is InChI=1S/C17H33N3O/c1-4-21-12-11-17(9-10-17)13-19-16(18-3)20-15-7-5-14(2)6-8-15/h14-15H,4-13H2,1-3H3,(H2,18,19,20). The minimum absolute atomic E-state index is 0.466. The van der Waals surface area contributed by atoms with E-state index in [0.717, 1.165) is 31.6 Å². The summed E-state index contributed by atoms with van der Waals surface area (Å²) in [4.78, 5) is 4.39. The molecule has 122 valence electrons. The number of nitrogens with one attached hydrogen (secondary N) is 2. The predicted octanol–water partition coefficient (Wildman–Crippen LogP) is 2.94. The summed E-state index contributed by atoms with van der Waals surface area (Å²) in [5, 5.41) is 7.14. The van der Waals surface area contributed by atoms with Crippen molar-refractivity contribution in [2.75, 3.05) is 26.8 Å². The maximum absolute atomic E-state index is 5.50. The Balaban J connectivity index is 1.68. The highest BCUT2D eigenvalue weighted by atomic mass is 16.5. The van der Waals surface area contributed by atoms with Crippen LogP contribution in [-0.2, 0) is 4.74 Å². The molecule has 21 heavy (non-hydrogen) atoms. The van der Waals surface area contributed by atoms with Gasteiger partial charge < -0.3 is 15.4 Å². The Kier molecular flexibility index (Phi) is 6.34. The monoisotopic (exact) mass is 295 g/mol. The SMILES string of the molecule is CCOCCC1(CNC(=NC)NC2CCC(C)CC2)CC1. The number of hydrogen-bond donors (Lipinski definition) is 2. The van der Waals surface area contributed by atoms with Gasteiger partial charge in [0.15, 0.2) is 5.96 Å². The van der Waals surface area contributed by atoms with E-state index in [0.29, 0.717) is 11.5 Å². The summed E-state index contributed by atoms with van der Waals surface area (Å²) in [5.41, 5.74) is 0.466. The number of ether oxygens (including phenoxy) is 1. The van der Waals surface area contributed by atoms with Crippen molar-refractivity contribution in [2.24, 2.45) is 16.3 Å². The zero-order valence-corrected chi connectivity index (χ0v) is 14.1. The number of hydrogen-bond acceptors (Lipinski definition) is 2. The van der Waals surface area contributed by atoms with Gasteiger partial charge in [-0.3, -0.25) is 4.99 Å². The van der Waals surface area contributed by atoms with Crippen molar-refractivity contribution in [1.82, 2.24) is 10.6 Å². The van der Waals surface area contributed by atoms with Gasteiger partial charge in [0.05, 0.1) is 0 Å². The quantitative estimate of drug-likeness (QED) is 0.431. The van der Waals surface area contributed by atoms with Crippen LogP contribution in [0.1, 0.15) is 58.8 Å². The molecule has 0 radical (unpaired) electrons. The molecule has 0 bridgehead atoms. The molecule has 2 aliphatic carbocycles. The van der Waals surface area contributed by atoms with E-state index in [1.54, 1.807) is 0 Å². The van der Waals surface area contributed by atoms with Crippen LogP contribution < -0.4 is 10.6 Å². The molecule has 2 rings (SSSR count). The van der Waals surface area contributed by atoms with Gasteiger partial charge in [-0.05, 0) is 63.2 Å². The lowest BCUT2D eigenvalue weighted by molar-refractivity contribution is 0.128. The van der Waals surface area contributed by atoms with Crippen LogP contribution in [0, 0.1) is 11.3 Å². The first-order valence-corrected chi connectivity index (χ1v) is 8.72. The van der Waals surface area contributed by atoms with E-state index in [1.165, 1.54) is 44.9 Å². The molecule has 2 saturated carbocycles. The van der Waals surface area contributed by atoms with Crippen molar-refractivity contribution >= 4 is 5.96 Å². The largest absolute Gasteiger partial charge is 0.382 e. The lowest BCUT2D eigenvalue weighted by atomic mass is 9.87. The van der Waals surface area contributed by atoms with E-state index in [-0.39, 0.29) is 0 Å². The van der Waals surface area contributed by atoms with Crippen LogP contribution in [0.3, 0.4) is 0 Å². The molecule has 4 nitrogen and oxygen atoms in total. The third-order valence-electron chi connectivity index (χ3n) is 5.15. The van der Waals surface area contributed by atoms with Gasteiger partial charge in [-0.1, -0.05) is 6.92 Å². The maximum Gasteiger partial charge on any atom is 0.191 e. The zero-order valence-electron chi connectivity index (χ0n) is 14.1. The average Bonchev–Trinajstić information content (AvgIpc) is 3.26. The molecular weight excluding hydrogens is 262 g/mol. The Morgan fingerprint density at radius 2 is 1.95 bits per heavy atom. The fourth-order valence-electron chi connectivity index (χ4n) is 3.19. The van der Waals surface area contributed by atoms with E-state index in [9.17, 15) is 0 Å². The van der Waals surface area contributed by atoms with Crippen molar-refractivity contribution in [3.8, 4) is 0 Å². The third kappa shape index (κ3) is 5.50. The van der Waals surface area contributed by atoms with Crippen LogP contribution in [-0.4, -0.2) is 38.8 Å². The average molecular weight is 295 g/mol. The lowest BCUT2D eigenvalue weighted by Gasteiger charge is -2.29. The Bertz CT molecular complexity index is 331. The molecule has 0 spiro atoms. The molecule has 0 saturated heterocycles. The molecule has 2 aliphatic rings. The van der Waals surface area contributed by atoms with Crippen molar-refractivity contribution in [2.45, 2.75) is 64.8 Å². The first-order valence-electron chi connectivity index (χ1n) is 8.72. The van der Waals surface area contributed by atoms with Crippen molar-refractivity contribution in [3.05, 3.63) is 0 Å². The minimum Gasteiger partial charge on any atom is -0.382 e. The Hall–Kier alpha value is -0.770. The molecule has 4 heteroatoms. The summed E-state index contributed by atoms with van der Waals surface area (Å²) >= 11 is 0. The highest BCUT2D eigenvalue weighted by Gasteiger charge is 2.42. The zero-order chi connectivity index (χ0) is 15.1. The molecule has 2 N–H and O–H groups in total. The molecular formula is C17H33N3O. The number of guanidine groups is 1. The van der Waals surface area contributed by atoms with Gasteiger partial charge in [0, 0.05) is 32.8 Å². The third-order valence-corrected chi connectivity index (χ3v) is 5.15. The summed E-state index contributed by atoms with van der Waals surface area (Å²) in [6.07, 6.45) is 9.05. The number of rotatable bonds is 7. The second-order valence-electron chi connectivity index (χ2n) is 6.97. The summed E-state index contributed by atoms with van der Waals surface area (Å²) in [7, 11) is 1.88. The van der Waals surface area contributed by atoms with Gasteiger partial charge in [0.1, 0.15) is 0 Å². The Labute approximate surface area is 130 Å². The van der Waals surface area contributed by atoms with E-state index in [1.807, 2.05) is 7.05 Å². The summed E-state index contributed by atoms with van der Waals surface area (Å²) in [5.74, 6) is 1.88. The van der Waals surface area contributed by atoms with Gasteiger partial charge in [-0.15, -0.1) is 0 Å².